The number of fused-ring (bicyclic) bond motifs is 2. The van der Waals surface area contributed by atoms with E-state index in [0.29, 0.717) is 45.4 Å². The minimum Gasteiger partial charge on any atom is -0.494 e. The fourth-order valence-corrected chi connectivity index (χ4v) is 5.54. The summed E-state index contributed by atoms with van der Waals surface area (Å²) in [6.45, 7) is 0.234. The molecule has 1 saturated carbocycles. The Balaban J connectivity index is 1.19. The first kappa shape index (κ1) is 29.7. The van der Waals surface area contributed by atoms with Crippen LogP contribution in [-0.2, 0) is 11.3 Å². The first-order chi connectivity index (χ1) is 22.8. The van der Waals surface area contributed by atoms with Crippen LogP contribution in [0.25, 0.3) is 27.5 Å². The van der Waals surface area contributed by atoms with E-state index < -0.39 is 0 Å². The molecule has 0 aliphatic heterocycles. The zero-order valence-electron chi connectivity index (χ0n) is 26.1. The number of hydrogen-bond acceptors (Lipinski definition) is 8. The lowest BCUT2D eigenvalue weighted by Crippen LogP contribution is -2.24. The maximum absolute atomic E-state index is 13.5. The number of methoxy groups -OCH3 is 1. The van der Waals surface area contributed by atoms with Crippen LogP contribution in [0, 0.1) is 5.92 Å². The Kier molecular flexibility index (Phi) is 7.60. The van der Waals surface area contributed by atoms with Gasteiger partial charge in [0, 0.05) is 55.6 Å². The summed E-state index contributed by atoms with van der Waals surface area (Å²) in [5.74, 6) is 0.840. The van der Waals surface area contributed by atoms with Gasteiger partial charge in [-0.2, -0.15) is 0 Å². The molecule has 47 heavy (non-hydrogen) atoms. The van der Waals surface area contributed by atoms with E-state index in [9.17, 15) is 14.4 Å². The highest BCUT2D eigenvalue weighted by atomic mass is 16.5. The van der Waals surface area contributed by atoms with E-state index in [-0.39, 0.29) is 29.8 Å². The second-order valence-electron chi connectivity index (χ2n) is 11.7. The first-order valence-corrected chi connectivity index (χ1v) is 15.2. The number of rotatable bonds is 9. The largest absolute Gasteiger partial charge is 0.494 e. The predicted molar refractivity (Wildman–Crippen MR) is 179 cm³/mol. The van der Waals surface area contributed by atoms with Gasteiger partial charge in [0.05, 0.1) is 30.7 Å². The summed E-state index contributed by atoms with van der Waals surface area (Å²) < 4.78 is 9.13. The van der Waals surface area contributed by atoms with Gasteiger partial charge in [-0.25, -0.2) is 14.5 Å². The molecule has 236 valence electrons. The number of nitrogens with zero attached hydrogens (tertiary/aromatic N) is 6. The molecule has 12 nitrogen and oxygen atoms in total. The number of nitrogens with one attached hydrogen (secondary N) is 2. The first-order valence-electron chi connectivity index (χ1n) is 15.2. The lowest BCUT2D eigenvalue weighted by atomic mass is 10.0. The van der Waals surface area contributed by atoms with Gasteiger partial charge >= 0.3 is 0 Å². The number of pyridine rings is 2. The van der Waals surface area contributed by atoms with E-state index in [2.05, 4.69) is 25.7 Å². The topological polar surface area (TPSA) is 136 Å². The Bertz CT molecular complexity index is 2240. The monoisotopic (exact) mass is 628 g/mol. The molecule has 0 bridgehead atoms. The number of anilines is 3. The minimum absolute atomic E-state index is 0.0343. The fraction of sp³-hybridized carbons (Fsp3) is 0.200. The lowest BCUT2D eigenvalue weighted by molar-refractivity contribution is -0.117. The van der Waals surface area contributed by atoms with Crippen LogP contribution in [0.1, 0.15) is 29.0 Å². The summed E-state index contributed by atoms with van der Waals surface area (Å²) >= 11 is 0. The molecule has 6 aromatic rings. The maximum atomic E-state index is 13.5. The van der Waals surface area contributed by atoms with Crippen LogP contribution in [0.3, 0.4) is 0 Å². The van der Waals surface area contributed by atoms with Crippen molar-refractivity contribution in [3.8, 4) is 16.9 Å². The van der Waals surface area contributed by atoms with E-state index >= 15 is 0 Å². The number of ether oxygens (including phenoxy) is 1. The number of benzene rings is 2. The standard InChI is InChI=1S/C35H32N8O4/c1-41(2)35(46)28-9-4-6-24(37-28)20-42-16-14-23-18-22(12-13-26(23)34(42)45)25-7-5-8-27(31(25)47-3)38-29-19-30(39-33(44)21-10-11-21)40-43-17-15-36-32(29)43/h4-9,12-19,21,38H,10-11,20H2,1-3H3,(H,39,40,44). The van der Waals surface area contributed by atoms with Gasteiger partial charge in [-0.05, 0) is 60.2 Å². The highest BCUT2D eigenvalue weighted by Crippen LogP contribution is 2.39. The average Bonchev–Trinajstić information content (AvgIpc) is 3.83. The molecular weight excluding hydrogens is 596 g/mol. The normalized spacial score (nSPS) is 12.7. The van der Waals surface area contributed by atoms with Crippen LogP contribution in [0.15, 0.2) is 90.1 Å². The summed E-state index contributed by atoms with van der Waals surface area (Å²) in [5.41, 5.74) is 4.41. The van der Waals surface area contributed by atoms with Crippen molar-refractivity contribution in [2.45, 2.75) is 19.4 Å². The number of carbonyl (C=O) groups excluding carboxylic acids is 2. The molecule has 1 fully saturated rings. The predicted octanol–water partition coefficient (Wildman–Crippen LogP) is 4.96. The molecule has 12 heteroatoms. The van der Waals surface area contributed by atoms with Gasteiger partial charge in [-0.15, -0.1) is 5.10 Å². The highest BCUT2D eigenvalue weighted by molar-refractivity contribution is 5.95. The summed E-state index contributed by atoms with van der Waals surface area (Å²) in [6, 6.07) is 20.3. The molecule has 7 rings (SSSR count). The zero-order chi connectivity index (χ0) is 32.7. The van der Waals surface area contributed by atoms with Crippen molar-refractivity contribution in [2.75, 3.05) is 31.8 Å². The van der Waals surface area contributed by atoms with Crippen LogP contribution in [0.4, 0.5) is 17.2 Å². The Hall–Kier alpha value is -6.04. The van der Waals surface area contributed by atoms with Gasteiger partial charge in [0.1, 0.15) is 11.4 Å². The molecule has 1 aliphatic carbocycles. The Morgan fingerprint density at radius 1 is 1.00 bits per heavy atom. The lowest BCUT2D eigenvalue weighted by Gasteiger charge is -2.17. The van der Waals surface area contributed by atoms with Crippen LogP contribution in [0.5, 0.6) is 5.75 Å². The number of carbonyl (C=O) groups is 2. The minimum atomic E-state index is -0.197. The third-order valence-corrected chi connectivity index (χ3v) is 8.10. The van der Waals surface area contributed by atoms with Crippen molar-refractivity contribution in [1.29, 1.82) is 0 Å². The maximum Gasteiger partial charge on any atom is 0.271 e. The van der Waals surface area contributed by atoms with Crippen molar-refractivity contribution in [1.82, 2.24) is 29.0 Å². The zero-order valence-corrected chi connectivity index (χ0v) is 26.1. The van der Waals surface area contributed by atoms with Gasteiger partial charge < -0.3 is 24.8 Å². The van der Waals surface area contributed by atoms with Crippen molar-refractivity contribution in [3.63, 3.8) is 0 Å². The van der Waals surface area contributed by atoms with Gasteiger partial charge in [0.2, 0.25) is 5.91 Å². The number of imidazole rings is 1. The molecule has 4 heterocycles. The van der Waals surface area contributed by atoms with Crippen LogP contribution in [0.2, 0.25) is 0 Å². The molecule has 0 saturated heterocycles. The van der Waals surface area contributed by atoms with E-state index in [1.807, 2.05) is 42.5 Å². The average molecular weight is 629 g/mol. The molecule has 0 unspecified atom stereocenters. The molecule has 2 aromatic carbocycles. The second kappa shape index (κ2) is 12.0. The Morgan fingerprint density at radius 2 is 1.83 bits per heavy atom. The van der Waals surface area contributed by atoms with Crippen LogP contribution in [-0.4, -0.2) is 62.1 Å². The fourth-order valence-electron chi connectivity index (χ4n) is 5.54. The third kappa shape index (κ3) is 5.88. The summed E-state index contributed by atoms with van der Waals surface area (Å²) in [5, 5.41) is 12.2. The molecule has 2 amide bonds. The highest BCUT2D eigenvalue weighted by Gasteiger charge is 2.30. The van der Waals surface area contributed by atoms with Crippen LogP contribution >= 0.6 is 0 Å². The molecule has 2 N–H and O–H groups in total. The number of aromatic nitrogens is 5. The van der Waals surface area contributed by atoms with Gasteiger partial charge in [0.15, 0.2) is 11.5 Å². The van der Waals surface area contributed by atoms with Crippen molar-refractivity contribution in [3.05, 3.63) is 107 Å². The summed E-state index contributed by atoms with van der Waals surface area (Å²) in [7, 11) is 4.96. The SMILES string of the molecule is COc1c(Nc2cc(NC(=O)C3CC3)nn3ccnc23)cccc1-c1ccc2c(=O)n(Cc3cccc(C(=O)N(C)C)n3)ccc2c1. The van der Waals surface area contributed by atoms with Gasteiger partial charge in [-0.1, -0.05) is 24.3 Å². The van der Waals surface area contributed by atoms with Gasteiger partial charge in [-0.3, -0.25) is 14.4 Å². The van der Waals surface area contributed by atoms with Crippen LogP contribution < -0.4 is 20.9 Å². The third-order valence-electron chi connectivity index (χ3n) is 8.10. The van der Waals surface area contributed by atoms with Crippen molar-refractivity contribution in [2.24, 2.45) is 5.92 Å². The van der Waals surface area contributed by atoms with E-state index in [1.54, 1.807) is 73.1 Å². The quantitative estimate of drug-likeness (QED) is 0.230. The van der Waals surface area contributed by atoms with E-state index in [1.165, 1.54) is 4.90 Å². The van der Waals surface area contributed by atoms with E-state index in [4.69, 9.17) is 4.74 Å². The molecule has 1 aliphatic rings. The van der Waals surface area contributed by atoms with Crippen molar-refractivity contribution < 1.29 is 14.3 Å². The molecular formula is C35H32N8O4. The molecule has 0 spiro atoms. The Labute approximate surface area is 269 Å². The molecule has 0 atom stereocenters. The summed E-state index contributed by atoms with van der Waals surface area (Å²) in [4.78, 5) is 48.7. The Morgan fingerprint density at radius 3 is 2.62 bits per heavy atom. The second-order valence-corrected chi connectivity index (χ2v) is 11.7. The molecule has 0 radical (unpaired) electrons. The number of para-hydroxylation sites is 1. The van der Waals surface area contributed by atoms with Gasteiger partial charge in [0.25, 0.3) is 11.5 Å². The number of amides is 2. The number of hydrogen-bond donors (Lipinski definition) is 2. The molecule has 4 aromatic heterocycles. The van der Waals surface area contributed by atoms with E-state index in [0.717, 1.165) is 29.4 Å². The smallest absolute Gasteiger partial charge is 0.271 e. The van der Waals surface area contributed by atoms with Crippen molar-refractivity contribution >= 4 is 45.4 Å². The summed E-state index contributed by atoms with van der Waals surface area (Å²) in [6.07, 6.45) is 6.90.